The van der Waals surface area contributed by atoms with Crippen molar-refractivity contribution in [1.29, 1.82) is 0 Å². The number of thiophene rings is 1. The molecule has 1 heterocycles. The molecule has 1 aromatic rings. The summed E-state index contributed by atoms with van der Waals surface area (Å²) >= 11 is 1.21. The molecule has 116 valence electrons. The Labute approximate surface area is 126 Å². The summed E-state index contributed by atoms with van der Waals surface area (Å²) in [4.78, 5) is 2.25. The van der Waals surface area contributed by atoms with Gasteiger partial charge in [0.05, 0.1) is 0 Å². The molecule has 20 heavy (non-hydrogen) atoms. The van der Waals surface area contributed by atoms with Gasteiger partial charge in [-0.2, -0.15) is 0 Å². The first-order chi connectivity index (χ1) is 9.27. The van der Waals surface area contributed by atoms with Crippen LogP contribution < -0.4 is 10.5 Å². The maximum Gasteiger partial charge on any atom is 0.250 e. The third-order valence-electron chi connectivity index (χ3n) is 3.12. The molecular formula is C13H25N3O2S2. The number of hydrogen-bond acceptors (Lipinski definition) is 5. The Morgan fingerprint density at radius 3 is 2.35 bits per heavy atom. The van der Waals surface area contributed by atoms with Gasteiger partial charge >= 0.3 is 0 Å². The maximum atomic E-state index is 12.1. The lowest BCUT2D eigenvalue weighted by molar-refractivity contribution is 0.179. The summed E-state index contributed by atoms with van der Waals surface area (Å²) in [5.41, 5.74) is 6.35. The van der Waals surface area contributed by atoms with E-state index in [1.807, 2.05) is 0 Å². The number of nitrogens with one attached hydrogen (secondary N) is 1. The summed E-state index contributed by atoms with van der Waals surface area (Å²) in [6.07, 6.45) is 0. The van der Waals surface area contributed by atoms with E-state index >= 15 is 0 Å². The van der Waals surface area contributed by atoms with Crippen molar-refractivity contribution in [3.63, 3.8) is 0 Å². The number of sulfonamides is 1. The number of nitrogens with zero attached hydrogens (tertiary/aromatic N) is 1. The molecular weight excluding hydrogens is 294 g/mol. The Morgan fingerprint density at radius 2 is 1.90 bits per heavy atom. The summed E-state index contributed by atoms with van der Waals surface area (Å²) in [7, 11) is -3.41. The molecule has 1 rings (SSSR count). The smallest absolute Gasteiger partial charge is 0.250 e. The Kier molecular flexibility index (Phi) is 6.60. The molecule has 0 radical (unpaired) electrons. The molecule has 0 saturated carbocycles. The van der Waals surface area contributed by atoms with Crippen molar-refractivity contribution in [1.82, 2.24) is 9.62 Å². The fourth-order valence-electron chi connectivity index (χ4n) is 2.09. The minimum absolute atomic E-state index is 0.332. The van der Waals surface area contributed by atoms with E-state index in [9.17, 15) is 8.42 Å². The van der Waals surface area contributed by atoms with Crippen molar-refractivity contribution < 1.29 is 8.42 Å². The lowest BCUT2D eigenvalue weighted by Gasteiger charge is -2.30. The SMILES string of the molecule is CC(C)N(CCNS(=O)(=O)c1cc(CN)cs1)C(C)C. The quantitative estimate of drug-likeness (QED) is 0.763. The Morgan fingerprint density at radius 1 is 1.30 bits per heavy atom. The normalized spacial score (nSPS) is 12.8. The van der Waals surface area contributed by atoms with E-state index in [4.69, 9.17) is 5.73 Å². The Bertz CT molecular complexity index is 501. The fourth-order valence-corrected chi connectivity index (χ4v) is 4.38. The molecule has 0 aliphatic heterocycles. The largest absolute Gasteiger partial charge is 0.326 e. The van der Waals surface area contributed by atoms with Gasteiger partial charge in [-0.05, 0) is 44.7 Å². The van der Waals surface area contributed by atoms with Gasteiger partial charge < -0.3 is 5.73 Å². The van der Waals surface area contributed by atoms with Crippen LogP contribution in [0.25, 0.3) is 0 Å². The molecule has 0 aliphatic carbocycles. The van der Waals surface area contributed by atoms with Gasteiger partial charge in [-0.15, -0.1) is 11.3 Å². The zero-order valence-corrected chi connectivity index (χ0v) is 14.2. The van der Waals surface area contributed by atoms with E-state index in [-0.39, 0.29) is 0 Å². The molecule has 0 atom stereocenters. The highest BCUT2D eigenvalue weighted by molar-refractivity contribution is 7.91. The van der Waals surface area contributed by atoms with Crippen LogP contribution in [-0.2, 0) is 16.6 Å². The van der Waals surface area contributed by atoms with Crippen LogP contribution in [0.2, 0.25) is 0 Å². The highest BCUT2D eigenvalue weighted by Crippen LogP contribution is 2.19. The lowest BCUT2D eigenvalue weighted by atomic mass is 10.2. The van der Waals surface area contributed by atoms with Crippen LogP contribution in [-0.4, -0.2) is 38.5 Å². The van der Waals surface area contributed by atoms with Gasteiger partial charge in [0.2, 0.25) is 10.0 Å². The van der Waals surface area contributed by atoms with Gasteiger partial charge in [0.1, 0.15) is 4.21 Å². The lowest BCUT2D eigenvalue weighted by Crippen LogP contribution is -2.42. The predicted octanol–water partition coefficient (Wildman–Crippen LogP) is 1.60. The summed E-state index contributed by atoms with van der Waals surface area (Å²) in [6, 6.07) is 2.42. The topological polar surface area (TPSA) is 75.4 Å². The van der Waals surface area contributed by atoms with Gasteiger partial charge in [0, 0.05) is 31.7 Å². The molecule has 3 N–H and O–H groups in total. The van der Waals surface area contributed by atoms with Crippen molar-refractivity contribution in [3.8, 4) is 0 Å². The molecule has 1 aromatic heterocycles. The fraction of sp³-hybridized carbons (Fsp3) is 0.692. The van der Waals surface area contributed by atoms with E-state index in [1.54, 1.807) is 11.4 Å². The average molecular weight is 319 g/mol. The minimum atomic E-state index is -3.41. The third kappa shape index (κ3) is 4.82. The molecule has 0 spiro atoms. The zero-order chi connectivity index (χ0) is 15.3. The monoisotopic (exact) mass is 319 g/mol. The molecule has 7 heteroatoms. The first-order valence-corrected chi connectivity index (χ1v) is 9.17. The van der Waals surface area contributed by atoms with Crippen LogP contribution in [0, 0.1) is 0 Å². The summed E-state index contributed by atoms with van der Waals surface area (Å²) in [5.74, 6) is 0. The molecule has 0 saturated heterocycles. The van der Waals surface area contributed by atoms with Crippen molar-refractivity contribution in [2.75, 3.05) is 13.1 Å². The van der Waals surface area contributed by atoms with E-state index in [2.05, 4.69) is 37.3 Å². The van der Waals surface area contributed by atoms with Crippen LogP contribution >= 0.6 is 11.3 Å². The minimum Gasteiger partial charge on any atom is -0.326 e. The molecule has 5 nitrogen and oxygen atoms in total. The van der Waals surface area contributed by atoms with Gasteiger partial charge in [-0.3, -0.25) is 4.90 Å². The van der Waals surface area contributed by atoms with Gasteiger partial charge in [0.25, 0.3) is 0 Å². The molecule has 0 aliphatic rings. The van der Waals surface area contributed by atoms with Crippen molar-refractivity contribution in [2.24, 2.45) is 5.73 Å². The third-order valence-corrected chi connectivity index (χ3v) is 6.07. The average Bonchev–Trinajstić information content (AvgIpc) is 2.83. The van der Waals surface area contributed by atoms with E-state index in [0.29, 0.717) is 35.9 Å². The van der Waals surface area contributed by atoms with Crippen LogP contribution in [0.3, 0.4) is 0 Å². The Balaban J connectivity index is 2.60. The first-order valence-electron chi connectivity index (χ1n) is 6.80. The number of hydrogen-bond donors (Lipinski definition) is 2. The van der Waals surface area contributed by atoms with Crippen LogP contribution in [0.15, 0.2) is 15.7 Å². The van der Waals surface area contributed by atoms with E-state index in [1.165, 1.54) is 11.3 Å². The molecule has 0 amide bonds. The predicted molar refractivity (Wildman–Crippen MR) is 84.4 cm³/mol. The standard InChI is InChI=1S/C13H25N3O2S2/c1-10(2)16(11(3)4)6-5-15-20(17,18)13-7-12(8-14)9-19-13/h7,9-11,15H,5-6,8,14H2,1-4H3. The number of rotatable bonds is 8. The highest BCUT2D eigenvalue weighted by Gasteiger charge is 2.18. The Hall–Kier alpha value is -0.470. The summed E-state index contributed by atoms with van der Waals surface area (Å²) in [6.45, 7) is 9.92. The number of nitrogens with two attached hydrogens (primary N) is 1. The molecule has 0 bridgehead atoms. The second-order valence-electron chi connectivity index (χ2n) is 5.30. The van der Waals surface area contributed by atoms with Crippen molar-refractivity contribution >= 4 is 21.4 Å². The molecule has 0 aromatic carbocycles. The van der Waals surface area contributed by atoms with E-state index in [0.717, 1.165) is 5.56 Å². The van der Waals surface area contributed by atoms with Crippen LogP contribution in [0.1, 0.15) is 33.3 Å². The summed E-state index contributed by atoms with van der Waals surface area (Å²) < 4.78 is 27.2. The van der Waals surface area contributed by atoms with Gasteiger partial charge in [-0.25, -0.2) is 13.1 Å². The van der Waals surface area contributed by atoms with Gasteiger partial charge in [-0.1, -0.05) is 0 Å². The van der Waals surface area contributed by atoms with Gasteiger partial charge in [0.15, 0.2) is 0 Å². The highest BCUT2D eigenvalue weighted by atomic mass is 32.2. The van der Waals surface area contributed by atoms with Crippen LogP contribution in [0.5, 0.6) is 0 Å². The zero-order valence-electron chi connectivity index (χ0n) is 12.6. The first kappa shape index (κ1) is 17.6. The second kappa shape index (κ2) is 7.51. The van der Waals surface area contributed by atoms with E-state index < -0.39 is 10.0 Å². The maximum absolute atomic E-state index is 12.1. The summed E-state index contributed by atoms with van der Waals surface area (Å²) in [5, 5.41) is 1.78. The van der Waals surface area contributed by atoms with Crippen molar-refractivity contribution in [3.05, 3.63) is 17.0 Å². The van der Waals surface area contributed by atoms with Crippen LogP contribution in [0.4, 0.5) is 0 Å². The molecule has 0 fully saturated rings. The van der Waals surface area contributed by atoms with Crippen molar-refractivity contribution in [2.45, 2.75) is 50.5 Å². The second-order valence-corrected chi connectivity index (χ2v) is 8.21. The molecule has 0 unspecified atom stereocenters.